The van der Waals surface area contributed by atoms with Gasteiger partial charge in [0.2, 0.25) is 11.8 Å². The Morgan fingerprint density at radius 3 is 2.85 bits per heavy atom. The monoisotopic (exact) mass is 584 g/mol. The summed E-state index contributed by atoms with van der Waals surface area (Å²) in [4.78, 5) is 42.5. The number of para-hydroxylation sites is 1. The van der Waals surface area contributed by atoms with Gasteiger partial charge in [-0.25, -0.2) is 9.07 Å². The number of rotatable bonds is 3. The highest BCUT2D eigenvalue weighted by Crippen LogP contribution is 2.34. The van der Waals surface area contributed by atoms with Crippen LogP contribution in [0.4, 0.5) is 4.39 Å². The third-order valence-electron chi connectivity index (χ3n) is 7.37. The maximum absolute atomic E-state index is 13.5. The van der Waals surface area contributed by atoms with Crippen LogP contribution < -0.4 is 14.8 Å². The zero-order valence-corrected chi connectivity index (χ0v) is 23.4. The summed E-state index contributed by atoms with van der Waals surface area (Å²) in [6.07, 6.45) is 1.87. The van der Waals surface area contributed by atoms with E-state index in [1.165, 1.54) is 30.2 Å². The van der Waals surface area contributed by atoms with Crippen molar-refractivity contribution in [3.8, 4) is 11.5 Å². The molecule has 0 unspecified atom stereocenters. The van der Waals surface area contributed by atoms with Gasteiger partial charge in [0.05, 0.1) is 31.3 Å². The Morgan fingerprint density at radius 1 is 1.24 bits per heavy atom. The summed E-state index contributed by atoms with van der Waals surface area (Å²) in [5.41, 5.74) is 1.35. The number of hydrogen-bond donors (Lipinski definition) is 1. The molecule has 2 aromatic carbocycles. The number of nitrogens with zero attached hydrogens (tertiary/aromatic N) is 5. The highest BCUT2D eigenvalue weighted by atomic mass is 35.5. The van der Waals surface area contributed by atoms with E-state index >= 15 is 0 Å². The van der Waals surface area contributed by atoms with E-state index in [1.807, 2.05) is 0 Å². The molecule has 216 valence electrons. The molecule has 2 aliphatic heterocycles. The molecule has 2 aliphatic rings. The summed E-state index contributed by atoms with van der Waals surface area (Å²) in [7, 11) is 3.14. The SMILES string of the molecule is COc1cccc2c1OCc1cn(nn1)[C@@H]1CN(C(=O)Cc3ccc(F)cc3Cl)C[C@@H]1CC(=O)NCCN(C)C2=O. The number of amides is 3. The van der Waals surface area contributed by atoms with Crippen LogP contribution in [0.15, 0.2) is 42.6 Å². The van der Waals surface area contributed by atoms with Gasteiger partial charge >= 0.3 is 0 Å². The maximum atomic E-state index is 13.5. The predicted octanol–water partition coefficient (Wildman–Crippen LogP) is 2.49. The van der Waals surface area contributed by atoms with Crippen LogP contribution in [0.2, 0.25) is 5.02 Å². The van der Waals surface area contributed by atoms with Gasteiger partial charge in [0.15, 0.2) is 11.5 Å². The van der Waals surface area contributed by atoms with Gasteiger partial charge in [-0.05, 0) is 29.8 Å². The molecule has 13 heteroatoms. The summed E-state index contributed by atoms with van der Waals surface area (Å²) in [5.74, 6) is -0.706. The lowest BCUT2D eigenvalue weighted by Gasteiger charge is -2.21. The minimum absolute atomic E-state index is 0.00278. The van der Waals surface area contributed by atoms with E-state index in [0.29, 0.717) is 35.7 Å². The Kier molecular flexibility index (Phi) is 8.39. The summed E-state index contributed by atoms with van der Waals surface area (Å²) < 4.78 is 26.6. The second-order valence-electron chi connectivity index (χ2n) is 10.1. The van der Waals surface area contributed by atoms with Crippen LogP contribution in [-0.4, -0.2) is 82.9 Å². The summed E-state index contributed by atoms with van der Waals surface area (Å²) in [6.45, 7) is 1.18. The minimum Gasteiger partial charge on any atom is -0.493 e. The first kappa shape index (κ1) is 28.3. The van der Waals surface area contributed by atoms with Crippen molar-refractivity contribution in [3.05, 3.63) is 70.3 Å². The quantitative estimate of drug-likeness (QED) is 0.502. The Labute approximate surface area is 241 Å². The van der Waals surface area contributed by atoms with Crippen molar-refractivity contribution in [1.29, 1.82) is 0 Å². The van der Waals surface area contributed by atoms with Gasteiger partial charge in [0.25, 0.3) is 5.91 Å². The van der Waals surface area contributed by atoms with Crippen LogP contribution in [0.5, 0.6) is 11.5 Å². The molecule has 41 heavy (non-hydrogen) atoms. The van der Waals surface area contributed by atoms with Crippen molar-refractivity contribution < 1.29 is 28.2 Å². The lowest BCUT2D eigenvalue weighted by atomic mass is 9.99. The largest absolute Gasteiger partial charge is 0.493 e. The van der Waals surface area contributed by atoms with Gasteiger partial charge in [-0.3, -0.25) is 14.4 Å². The number of carbonyl (C=O) groups is 3. The molecule has 2 atom stereocenters. The molecular weight excluding hydrogens is 555 g/mol. The Hall–Kier alpha value is -4.19. The fraction of sp³-hybridized carbons (Fsp3) is 0.393. The second kappa shape index (κ2) is 12.1. The molecule has 0 spiro atoms. The van der Waals surface area contributed by atoms with E-state index in [9.17, 15) is 18.8 Å². The van der Waals surface area contributed by atoms with Crippen LogP contribution >= 0.6 is 11.6 Å². The molecular formula is C28H30ClFN6O5. The van der Waals surface area contributed by atoms with Crippen molar-refractivity contribution in [2.75, 3.05) is 40.3 Å². The lowest BCUT2D eigenvalue weighted by molar-refractivity contribution is -0.130. The number of aromatic nitrogens is 3. The normalized spacial score (nSPS) is 19.7. The smallest absolute Gasteiger partial charge is 0.257 e. The number of halogens is 2. The third kappa shape index (κ3) is 6.27. The van der Waals surface area contributed by atoms with Gasteiger partial charge < -0.3 is 24.6 Å². The van der Waals surface area contributed by atoms with E-state index in [-0.39, 0.29) is 73.0 Å². The van der Waals surface area contributed by atoms with Crippen LogP contribution in [0, 0.1) is 11.7 Å². The van der Waals surface area contributed by atoms with Crippen molar-refractivity contribution >= 4 is 29.3 Å². The standard InChI is InChI=1S/C28H30ClFN6O5/c1-34-9-8-31-25(37)10-18-13-35(26(38)11-17-6-7-19(30)12-22(17)29)15-23(18)36-14-20(32-33-36)16-41-27-21(28(34)39)4-3-5-24(27)40-2/h3-7,12,14,18,23H,8-11,13,15-16H2,1-2H3,(H,31,37)/t18-,23+/m0/s1. The number of likely N-dealkylation sites (N-methyl/N-ethyl adjacent to an activating group) is 1. The minimum atomic E-state index is -0.475. The zero-order chi connectivity index (χ0) is 29.1. The fourth-order valence-corrected chi connectivity index (χ4v) is 5.39. The topological polar surface area (TPSA) is 119 Å². The van der Waals surface area contributed by atoms with Gasteiger partial charge in [-0.1, -0.05) is 28.9 Å². The van der Waals surface area contributed by atoms with E-state index in [2.05, 4.69) is 15.6 Å². The molecule has 2 bridgehead atoms. The van der Waals surface area contributed by atoms with E-state index < -0.39 is 5.82 Å². The number of methoxy groups -OCH3 is 1. The van der Waals surface area contributed by atoms with Crippen molar-refractivity contribution in [2.45, 2.75) is 25.5 Å². The molecule has 3 aromatic rings. The Bertz CT molecular complexity index is 1470. The molecule has 0 aliphatic carbocycles. The molecule has 0 radical (unpaired) electrons. The van der Waals surface area contributed by atoms with Crippen molar-refractivity contribution in [2.24, 2.45) is 5.92 Å². The van der Waals surface area contributed by atoms with Crippen molar-refractivity contribution in [1.82, 2.24) is 30.1 Å². The van der Waals surface area contributed by atoms with Crippen LogP contribution in [0.3, 0.4) is 0 Å². The fourth-order valence-electron chi connectivity index (χ4n) is 5.16. The Balaban J connectivity index is 1.40. The van der Waals surface area contributed by atoms with Crippen LogP contribution in [0.25, 0.3) is 0 Å². The zero-order valence-electron chi connectivity index (χ0n) is 22.7. The predicted molar refractivity (Wildman–Crippen MR) is 146 cm³/mol. The Morgan fingerprint density at radius 2 is 2.07 bits per heavy atom. The molecule has 0 saturated carbocycles. The maximum Gasteiger partial charge on any atom is 0.257 e. The first-order chi connectivity index (χ1) is 19.7. The number of nitrogens with one attached hydrogen (secondary N) is 1. The van der Waals surface area contributed by atoms with E-state index in [1.54, 1.807) is 41.0 Å². The average Bonchev–Trinajstić information content (AvgIpc) is 3.59. The first-order valence-corrected chi connectivity index (χ1v) is 13.6. The number of carbonyl (C=O) groups excluding carboxylic acids is 3. The number of ether oxygens (including phenoxy) is 2. The molecule has 5 rings (SSSR count). The van der Waals surface area contributed by atoms with Gasteiger partial charge in [-0.2, -0.15) is 0 Å². The summed E-state index contributed by atoms with van der Waals surface area (Å²) in [5, 5.41) is 11.6. The highest BCUT2D eigenvalue weighted by molar-refractivity contribution is 6.31. The van der Waals surface area contributed by atoms with Crippen LogP contribution in [0.1, 0.15) is 34.1 Å². The molecule has 1 aromatic heterocycles. The first-order valence-electron chi connectivity index (χ1n) is 13.2. The van der Waals surface area contributed by atoms with Crippen LogP contribution in [-0.2, 0) is 22.6 Å². The highest BCUT2D eigenvalue weighted by Gasteiger charge is 2.38. The number of likely N-dealkylation sites (tertiary alicyclic amines) is 1. The number of fused-ring (bicyclic) bond motifs is 5. The average molecular weight is 585 g/mol. The lowest BCUT2D eigenvalue weighted by Crippen LogP contribution is -2.37. The van der Waals surface area contributed by atoms with E-state index in [0.717, 1.165) is 0 Å². The molecule has 1 fully saturated rings. The second-order valence-corrected chi connectivity index (χ2v) is 10.5. The number of benzene rings is 2. The molecule has 3 heterocycles. The van der Waals surface area contributed by atoms with Crippen molar-refractivity contribution in [3.63, 3.8) is 0 Å². The number of hydrogen-bond acceptors (Lipinski definition) is 7. The third-order valence-corrected chi connectivity index (χ3v) is 7.72. The molecule has 3 amide bonds. The van der Waals surface area contributed by atoms with Gasteiger partial charge in [0.1, 0.15) is 18.1 Å². The summed E-state index contributed by atoms with van der Waals surface area (Å²) in [6, 6.07) is 8.70. The van der Waals surface area contributed by atoms with Gasteiger partial charge in [0, 0.05) is 50.6 Å². The summed E-state index contributed by atoms with van der Waals surface area (Å²) >= 11 is 6.15. The van der Waals surface area contributed by atoms with Gasteiger partial charge in [-0.15, -0.1) is 5.10 Å². The molecule has 11 nitrogen and oxygen atoms in total. The molecule has 1 saturated heterocycles. The molecule has 1 N–H and O–H groups in total. The van der Waals surface area contributed by atoms with E-state index in [4.69, 9.17) is 21.1 Å².